The summed E-state index contributed by atoms with van der Waals surface area (Å²) < 4.78 is 0. The van der Waals surface area contributed by atoms with Crippen molar-refractivity contribution in [1.82, 2.24) is 9.97 Å². The van der Waals surface area contributed by atoms with Gasteiger partial charge in [-0.3, -0.25) is 0 Å². The van der Waals surface area contributed by atoms with Crippen LogP contribution in [0.5, 0.6) is 0 Å². The average molecular weight is 282 g/mol. The van der Waals surface area contributed by atoms with Gasteiger partial charge in [0.05, 0.1) is 12.1 Å². The summed E-state index contributed by atoms with van der Waals surface area (Å²) in [6.45, 7) is 3.03. The smallest absolute Gasteiger partial charge is 0.191 e. The third kappa shape index (κ3) is 3.51. The van der Waals surface area contributed by atoms with E-state index in [1.54, 1.807) is 0 Å². The van der Waals surface area contributed by atoms with Crippen molar-refractivity contribution in [2.75, 3.05) is 30.0 Å². The van der Waals surface area contributed by atoms with E-state index in [0.717, 1.165) is 49.0 Å². The van der Waals surface area contributed by atoms with Crippen LogP contribution in [0.25, 0.3) is 0 Å². The minimum absolute atomic E-state index is 0.155. The molecule has 0 saturated heterocycles. The van der Waals surface area contributed by atoms with Crippen LogP contribution in [0.15, 0.2) is 11.2 Å². The molecule has 1 saturated carbocycles. The topological polar surface area (TPSA) is 70.1 Å². The fourth-order valence-electron chi connectivity index (χ4n) is 2.50. The van der Waals surface area contributed by atoms with Crippen LogP contribution in [0.2, 0.25) is 0 Å². The molecule has 5 nitrogen and oxygen atoms in total. The van der Waals surface area contributed by atoms with Gasteiger partial charge in [0.2, 0.25) is 0 Å². The molecule has 0 aromatic carbocycles. The van der Waals surface area contributed by atoms with E-state index < -0.39 is 0 Å². The maximum atomic E-state index is 9.65. The number of thioether (sulfide) groups is 1. The monoisotopic (exact) mass is 282 g/mol. The van der Waals surface area contributed by atoms with Gasteiger partial charge in [-0.05, 0) is 26.0 Å². The number of aliphatic hydroxyl groups is 1. The Labute approximate surface area is 118 Å². The normalized spacial score (nSPS) is 17.4. The van der Waals surface area contributed by atoms with Gasteiger partial charge < -0.3 is 15.7 Å². The van der Waals surface area contributed by atoms with Gasteiger partial charge in [0.15, 0.2) is 5.16 Å². The van der Waals surface area contributed by atoms with Crippen LogP contribution in [0, 0.1) is 0 Å². The Hall–Kier alpha value is -1.01. The summed E-state index contributed by atoms with van der Waals surface area (Å²) >= 11 is 1.52. The molecule has 1 heterocycles. The molecule has 1 aliphatic rings. The number of aliphatic hydroxyl groups excluding tert-OH is 1. The zero-order valence-electron chi connectivity index (χ0n) is 11.6. The lowest BCUT2D eigenvalue weighted by atomic mass is 9.99. The summed E-state index contributed by atoms with van der Waals surface area (Å²) in [7, 11) is 0. The highest BCUT2D eigenvalue weighted by molar-refractivity contribution is 7.98. The molecule has 0 bridgehead atoms. The van der Waals surface area contributed by atoms with Crippen LogP contribution < -0.4 is 10.6 Å². The molecule has 0 radical (unpaired) electrons. The molecule has 1 aromatic heterocycles. The van der Waals surface area contributed by atoms with Crippen LogP contribution >= 0.6 is 11.8 Å². The quantitative estimate of drug-likeness (QED) is 0.549. The first-order chi connectivity index (χ1) is 9.21. The molecular weight excluding hydrogens is 260 g/mol. The highest BCUT2D eigenvalue weighted by Crippen LogP contribution is 2.33. The number of anilines is 2. The van der Waals surface area contributed by atoms with Crippen LogP contribution in [-0.4, -0.2) is 40.0 Å². The van der Waals surface area contributed by atoms with Crippen molar-refractivity contribution in [3.05, 3.63) is 6.07 Å². The lowest BCUT2D eigenvalue weighted by Gasteiger charge is -2.28. The number of nitrogens with zero attached hydrogens (tertiary/aromatic N) is 2. The number of hydrogen-bond acceptors (Lipinski definition) is 6. The third-order valence-electron chi connectivity index (χ3n) is 3.50. The van der Waals surface area contributed by atoms with Crippen molar-refractivity contribution in [3.63, 3.8) is 0 Å². The molecule has 1 aromatic rings. The maximum absolute atomic E-state index is 9.65. The second kappa shape index (κ2) is 6.43. The number of aromatic nitrogens is 2. The van der Waals surface area contributed by atoms with E-state index in [4.69, 9.17) is 0 Å². The Morgan fingerprint density at radius 3 is 2.58 bits per heavy atom. The van der Waals surface area contributed by atoms with Crippen LogP contribution in [0.1, 0.15) is 32.6 Å². The van der Waals surface area contributed by atoms with Crippen LogP contribution in [0.4, 0.5) is 11.6 Å². The minimum Gasteiger partial charge on any atom is -0.394 e. The van der Waals surface area contributed by atoms with Gasteiger partial charge in [-0.15, -0.1) is 0 Å². The molecule has 3 N–H and O–H groups in total. The van der Waals surface area contributed by atoms with Crippen LogP contribution in [-0.2, 0) is 0 Å². The third-order valence-corrected chi connectivity index (χ3v) is 4.05. The van der Waals surface area contributed by atoms with Gasteiger partial charge in [0, 0.05) is 12.6 Å². The van der Waals surface area contributed by atoms with E-state index >= 15 is 0 Å². The molecule has 2 rings (SSSR count). The van der Waals surface area contributed by atoms with Gasteiger partial charge in [-0.25, -0.2) is 9.97 Å². The second-order valence-electron chi connectivity index (χ2n) is 4.93. The second-order valence-corrected chi connectivity index (χ2v) is 5.70. The van der Waals surface area contributed by atoms with Gasteiger partial charge in [0.1, 0.15) is 11.6 Å². The first-order valence-corrected chi connectivity index (χ1v) is 8.00. The maximum Gasteiger partial charge on any atom is 0.191 e. The Kier molecular flexibility index (Phi) is 4.87. The molecule has 0 atom stereocenters. The summed E-state index contributed by atoms with van der Waals surface area (Å²) in [6.07, 6.45) is 6.28. The van der Waals surface area contributed by atoms with Crippen molar-refractivity contribution < 1.29 is 5.11 Å². The molecule has 19 heavy (non-hydrogen) atoms. The van der Waals surface area contributed by atoms with Gasteiger partial charge >= 0.3 is 0 Å². The molecule has 0 spiro atoms. The number of hydrogen-bond donors (Lipinski definition) is 3. The zero-order chi connectivity index (χ0) is 13.7. The van der Waals surface area contributed by atoms with Crippen molar-refractivity contribution in [2.24, 2.45) is 0 Å². The van der Waals surface area contributed by atoms with Gasteiger partial charge in [0.25, 0.3) is 0 Å². The largest absolute Gasteiger partial charge is 0.394 e. The number of nitrogens with one attached hydrogen (secondary N) is 2. The van der Waals surface area contributed by atoms with Crippen molar-refractivity contribution in [3.8, 4) is 0 Å². The van der Waals surface area contributed by atoms with E-state index in [-0.39, 0.29) is 12.1 Å². The van der Waals surface area contributed by atoms with Gasteiger partial charge in [-0.2, -0.15) is 0 Å². The molecular formula is C13H22N4OS. The molecule has 0 aliphatic heterocycles. The predicted molar refractivity (Wildman–Crippen MR) is 79.9 cm³/mol. The highest BCUT2D eigenvalue weighted by Gasteiger charge is 2.33. The van der Waals surface area contributed by atoms with Crippen molar-refractivity contribution in [1.29, 1.82) is 0 Å². The van der Waals surface area contributed by atoms with E-state index in [0.29, 0.717) is 0 Å². The van der Waals surface area contributed by atoms with E-state index in [2.05, 4.69) is 20.6 Å². The van der Waals surface area contributed by atoms with Crippen LogP contribution in [0.3, 0.4) is 0 Å². The average Bonchev–Trinajstić information content (AvgIpc) is 2.88. The first kappa shape index (κ1) is 14.4. The predicted octanol–water partition coefficient (Wildman–Crippen LogP) is 2.35. The van der Waals surface area contributed by atoms with Crippen molar-refractivity contribution in [2.45, 2.75) is 43.3 Å². The number of rotatable bonds is 6. The Balaban J connectivity index is 2.20. The molecule has 106 valence electrons. The first-order valence-electron chi connectivity index (χ1n) is 6.77. The fourth-order valence-corrected chi connectivity index (χ4v) is 2.88. The molecule has 0 amide bonds. The lowest BCUT2D eigenvalue weighted by molar-refractivity contribution is 0.213. The molecule has 6 heteroatoms. The van der Waals surface area contributed by atoms with E-state index in [1.807, 2.05) is 19.2 Å². The summed E-state index contributed by atoms with van der Waals surface area (Å²) in [4.78, 5) is 8.88. The standard InChI is InChI=1S/C13H22N4OS/c1-3-14-10-8-11(16-12(15-10)19-2)17-13(9-18)6-4-5-7-13/h8,18H,3-7,9H2,1-2H3,(H2,14,15,16,17). The summed E-state index contributed by atoms with van der Waals surface area (Å²) in [5, 5.41) is 17.0. The zero-order valence-corrected chi connectivity index (χ0v) is 12.4. The fraction of sp³-hybridized carbons (Fsp3) is 0.692. The lowest BCUT2D eigenvalue weighted by Crippen LogP contribution is -2.39. The molecule has 0 unspecified atom stereocenters. The summed E-state index contributed by atoms with van der Waals surface area (Å²) in [5.74, 6) is 1.63. The highest BCUT2D eigenvalue weighted by atomic mass is 32.2. The Bertz CT molecular complexity index is 421. The summed E-state index contributed by atoms with van der Waals surface area (Å²) in [5.41, 5.74) is -0.201. The Morgan fingerprint density at radius 2 is 2.00 bits per heavy atom. The molecule has 1 aliphatic carbocycles. The molecule has 1 fully saturated rings. The minimum atomic E-state index is -0.201. The van der Waals surface area contributed by atoms with Gasteiger partial charge in [-0.1, -0.05) is 24.6 Å². The van der Waals surface area contributed by atoms with E-state index in [1.165, 1.54) is 11.8 Å². The van der Waals surface area contributed by atoms with E-state index in [9.17, 15) is 5.11 Å². The Morgan fingerprint density at radius 1 is 1.32 bits per heavy atom. The summed E-state index contributed by atoms with van der Waals surface area (Å²) in [6, 6.07) is 1.92. The SMILES string of the molecule is CCNc1cc(NC2(CO)CCCC2)nc(SC)n1. The van der Waals surface area contributed by atoms with Crippen molar-refractivity contribution >= 4 is 23.4 Å².